The largest absolute Gasteiger partial charge is 0.331 e. The molecule has 2 saturated heterocycles. The van der Waals surface area contributed by atoms with Crippen LogP contribution >= 0.6 is 0 Å². The maximum absolute atomic E-state index is 12.8. The predicted octanol–water partition coefficient (Wildman–Crippen LogP) is 2.37. The van der Waals surface area contributed by atoms with Gasteiger partial charge in [0.2, 0.25) is 11.8 Å². The summed E-state index contributed by atoms with van der Waals surface area (Å²) < 4.78 is 0. The van der Waals surface area contributed by atoms with Gasteiger partial charge in [-0.05, 0) is 43.4 Å². The van der Waals surface area contributed by atoms with Gasteiger partial charge in [0.25, 0.3) is 0 Å². The van der Waals surface area contributed by atoms with E-state index in [1.165, 1.54) is 5.56 Å². The molecule has 0 spiro atoms. The number of anilines is 1. The average Bonchev–Trinajstić information content (AvgIpc) is 2.66. The zero-order valence-corrected chi connectivity index (χ0v) is 12.5. The first-order valence-electron chi connectivity index (χ1n) is 7.90. The zero-order chi connectivity index (χ0) is 14.8. The molecule has 2 aliphatic rings. The number of benzene rings is 1. The van der Waals surface area contributed by atoms with Gasteiger partial charge in [-0.2, -0.15) is 0 Å². The molecular weight excluding hydrogens is 264 g/mol. The van der Waals surface area contributed by atoms with Crippen LogP contribution in [0, 0.1) is 0 Å². The first-order chi connectivity index (χ1) is 10.2. The lowest BCUT2D eigenvalue weighted by Crippen LogP contribution is -2.49. The SMILES string of the molecule is CCc1ccc(N2CCC(=O)N3CCCCC3C2=O)cc1. The summed E-state index contributed by atoms with van der Waals surface area (Å²) >= 11 is 0. The summed E-state index contributed by atoms with van der Waals surface area (Å²) in [6.07, 6.45) is 4.26. The summed E-state index contributed by atoms with van der Waals surface area (Å²) in [4.78, 5) is 28.6. The average molecular weight is 286 g/mol. The van der Waals surface area contributed by atoms with Crippen molar-refractivity contribution in [2.45, 2.75) is 45.1 Å². The van der Waals surface area contributed by atoms with Crippen molar-refractivity contribution in [2.24, 2.45) is 0 Å². The van der Waals surface area contributed by atoms with E-state index in [4.69, 9.17) is 0 Å². The van der Waals surface area contributed by atoms with E-state index in [-0.39, 0.29) is 17.9 Å². The molecule has 2 heterocycles. The van der Waals surface area contributed by atoms with E-state index in [0.717, 1.165) is 37.9 Å². The van der Waals surface area contributed by atoms with Crippen molar-refractivity contribution >= 4 is 17.5 Å². The summed E-state index contributed by atoms with van der Waals surface area (Å²) in [6.45, 7) is 3.35. The second kappa shape index (κ2) is 5.88. The molecule has 1 aromatic carbocycles. The van der Waals surface area contributed by atoms with Gasteiger partial charge in [0.15, 0.2) is 0 Å². The quantitative estimate of drug-likeness (QED) is 0.837. The molecule has 21 heavy (non-hydrogen) atoms. The minimum absolute atomic E-state index is 0.0878. The van der Waals surface area contributed by atoms with Crippen molar-refractivity contribution < 1.29 is 9.59 Å². The van der Waals surface area contributed by atoms with E-state index < -0.39 is 0 Å². The van der Waals surface area contributed by atoms with Gasteiger partial charge in [-0.15, -0.1) is 0 Å². The van der Waals surface area contributed by atoms with Gasteiger partial charge in [-0.3, -0.25) is 9.59 Å². The van der Waals surface area contributed by atoms with Crippen LogP contribution in [0.25, 0.3) is 0 Å². The van der Waals surface area contributed by atoms with Crippen LogP contribution in [-0.2, 0) is 16.0 Å². The standard InChI is InChI=1S/C17H22N2O2/c1-2-13-6-8-14(9-7-13)18-12-10-16(20)19-11-4-3-5-15(19)17(18)21/h6-9,15H,2-5,10-12H2,1H3. The number of nitrogens with zero attached hydrogens (tertiary/aromatic N) is 2. The fourth-order valence-corrected chi connectivity index (χ4v) is 3.30. The molecule has 0 bridgehead atoms. The maximum Gasteiger partial charge on any atom is 0.249 e. The van der Waals surface area contributed by atoms with Crippen LogP contribution in [0.3, 0.4) is 0 Å². The van der Waals surface area contributed by atoms with Gasteiger partial charge < -0.3 is 9.80 Å². The Morgan fingerprint density at radius 2 is 1.86 bits per heavy atom. The zero-order valence-electron chi connectivity index (χ0n) is 12.5. The number of hydrogen-bond donors (Lipinski definition) is 0. The van der Waals surface area contributed by atoms with Crippen LogP contribution < -0.4 is 4.90 Å². The summed E-state index contributed by atoms with van der Waals surface area (Å²) in [5.74, 6) is 0.213. The van der Waals surface area contributed by atoms with Crippen molar-refractivity contribution in [1.29, 1.82) is 0 Å². The fourth-order valence-electron chi connectivity index (χ4n) is 3.30. The molecule has 1 unspecified atom stereocenters. The summed E-state index contributed by atoms with van der Waals surface area (Å²) in [6, 6.07) is 7.88. The number of carbonyl (C=O) groups is 2. The molecule has 0 aliphatic carbocycles. The van der Waals surface area contributed by atoms with Crippen LogP contribution in [0.1, 0.15) is 38.2 Å². The molecule has 112 valence electrons. The molecule has 1 atom stereocenters. The second-order valence-corrected chi connectivity index (χ2v) is 5.86. The van der Waals surface area contributed by atoms with Gasteiger partial charge in [-0.1, -0.05) is 19.1 Å². The van der Waals surface area contributed by atoms with Crippen LogP contribution in [-0.4, -0.2) is 35.8 Å². The van der Waals surface area contributed by atoms with Gasteiger partial charge >= 0.3 is 0 Å². The number of rotatable bonds is 2. The van der Waals surface area contributed by atoms with Gasteiger partial charge in [0, 0.05) is 25.2 Å². The first-order valence-corrected chi connectivity index (χ1v) is 7.90. The highest BCUT2D eigenvalue weighted by Crippen LogP contribution is 2.26. The van der Waals surface area contributed by atoms with Crippen molar-refractivity contribution in [3.05, 3.63) is 29.8 Å². The molecule has 1 aromatic rings. The topological polar surface area (TPSA) is 40.6 Å². The molecule has 0 saturated carbocycles. The van der Waals surface area contributed by atoms with E-state index in [9.17, 15) is 9.59 Å². The summed E-state index contributed by atoms with van der Waals surface area (Å²) in [7, 11) is 0. The van der Waals surface area contributed by atoms with Crippen molar-refractivity contribution in [2.75, 3.05) is 18.0 Å². The Hall–Kier alpha value is -1.84. The van der Waals surface area contributed by atoms with E-state index in [2.05, 4.69) is 19.1 Å². The lowest BCUT2D eigenvalue weighted by molar-refractivity contribution is -0.138. The van der Waals surface area contributed by atoms with Crippen molar-refractivity contribution in [3.8, 4) is 0 Å². The van der Waals surface area contributed by atoms with E-state index in [1.54, 1.807) is 9.80 Å². The Balaban J connectivity index is 1.87. The van der Waals surface area contributed by atoms with Crippen LogP contribution in [0.15, 0.2) is 24.3 Å². The predicted molar refractivity (Wildman–Crippen MR) is 82.1 cm³/mol. The van der Waals surface area contributed by atoms with E-state index in [0.29, 0.717) is 13.0 Å². The third-order valence-electron chi connectivity index (χ3n) is 4.58. The van der Waals surface area contributed by atoms with Crippen molar-refractivity contribution in [3.63, 3.8) is 0 Å². The molecule has 4 heteroatoms. The molecule has 2 amide bonds. The lowest BCUT2D eigenvalue weighted by atomic mass is 10.0. The van der Waals surface area contributed by atoms with Crippen LogP contribution in [0.4, 0.5) is 5.69 Å². The number of fused-ring (bicyclic) bond motifs is 1. The van der Waals surface area contributed by atoms with E-state index >= 15 is 0 Å². The van der Waals surface area contributed by atoms with Crippen LogP contribution in [0.2, 0.25) is 0 Å². The summed E-state index contributed by atoms with van der Waals surface area (Å²) in [5, 5.41) is 0. The van der Waals surface area contributed by atoms with Crippen LogP contribution in [0.5, 0.6) is 0 Å². The highest BCUT2D eigenvalue weighted by Gasteiger charge is 2.38. The van der Waals surface area contributed by atoms with Gasteiger partial charge in [-0.25, -0.2) is 0 Å². The Labute approximate surface area is 125 Å². The molecule has 0 N–H and O–H groups in total. The Morgan fingerprint density at radius 1 is 1.10 bits per heavy atom. The maximum atomic E-state index is 12.8. The fraction of sp³-hybridized carbons (Fsp3) is 0.529. The molecule has 2 fully saturated rings. The number of aryl methyl sites for hydroxylation is 1. The monoisotopic (exact) mass is 286 g/mol. The summed E-state index contributed by atoms with van der Waals surface area (Å²) in [5.41, 5.74) is 2.17. The second-order valence-electron chi connectivity index (χ2n) is 5.86. The number of amides is 2. The highest BCUT2D eigenvalue weighted by molar-refractivity contribution is 6.01. The normalized spacial score (nSPS) is 23.0. The minimum Gasteiger partial charge on any atom is -0.331 e. The first kappa shape index (κ1) is 14.1. The minimum atomic E-state index is -0.250. The van der Waals surface area contributed by atoms with Gasteiger partial charge in [0.05, 0.1) is 0 Å². The molecule has 0 aromatic heterocycles. The highest BCUT2D eigenvalue weighted by atomic mass is 16.2. The number of piperidine rings is 1. The molecule has 4 nitrogen and oxygen atoms in total. The molecule has 2 aliphatic heterocycles. The van der Waals surface area contributed by atoms with Crippen molar-refractivity contribution in [1.82, 2.24) is 4.90 Å². The molecule has 0 radical (unpaired) electrons. The molecular formula is C17H22N2O2. The Bertz CT molecular complexity index is 538. The van der Waals surface area contributed by atoms with Gasteiger partial charge in [0.1, 0.15) is 6.04 Å². The number of carbonyl (C=O) groups excluding carboxylic acids is 2. The Kier molecular flexibility index (Phi) is 3.95. The lowest BCUT2D eigenvalue weighted by Gasteiger charge is -2.34. The third kappa shape index (κ3) is 2.67. The Morgan fingerprint density at radius 3 is 2.57 bits per heavy atom. The van der Waals surface area contributed by atoms with E-state index in [1.807, 2.05) is 12.1 Å². The number of hydrogen-bond acceptors (Lipinski definition) is 2. The third-order valence-corrected chi connectivity index (χ3v) is 4.58. The molecule has 3 rings (SSSR count). The smallest absolute Gasteiger partial charge is 0.249 e.